The molecule has 9 nitrogen and oxygen atoms in total. The van der Waals surface area contributed by atoms with Crippen molar-refractivity contribution in [2.75, 3.05) is 11.5 Å². The van der Waals surface area contributed by atoms with Gasteiger partial charge in [-0.3, -0.25) is 14.5 Å². The molecule has 49 heavy (non-hydrogen) atoms. The highest BCUT2D eigenvalue weighted by Crippen LogP contribution is 2.45. The van der Waals surface area contributed by atoms with Crippen LogP contribution in [0.3, 0.4) is 0 Å². The maximum absolute atomic E-state index is 13.9. The number of ketones is 1. The first-order chi connectivity index (χ1) is 23.7. The number of carbonyl (C=O) groups is 3. The van der Waals surface area contributed by atoms with Crippen LogP contribution >= 0.6 is 11.3 Å². The molecule has 1 amide bonds. The van der Waals surface area contributed by atoms with Crippen LogP contribution in [0.2, 0.25) is 0 Å². The number of aryl methyl sites for hydroxylation is 2. The van der Waals surface area contributed by atoms with Crippen molar-refractivity contribution in [1.29, 1.82) is 0 Å². The van der Waals surface area contributed by atoms with Gasteiger partial charge in [0.2, 0.25) is 0 Å². The quantitative estimate of drug-likeness (QED) is 0.0492. The van der Waals surface area contributed by atoms with Crippen LogP contribution in [0.15, 0.2) is 121 Å². The minimum atomic E-state index is -1.10. The van der Waals surface area contributed by atoms with Gasteiger partial charge in [0.15, 0.2) is 5.13 Å². The van der Waals surface area contributed by atoms with Gasteiger partial charge in [-0.1, -0.05) is 84.7 Å². The summed E-state index contributed by atoms with van der Waals surface area (Å²) in [5, 5.41) is 11.9. The van der Waals surface area contributed by atoms with Crippen LogP contribution in [0.25, 0.3) is 5.76 Å². The normalized spacial score (nSPS) is 15.2. The van der Waals surface area contributed by atoms with Crippen molar-refractivity contribution >= 4 is 39.9 Å². The van der Waals surface area contributed by atoms with E-state index < -0.39 is 23.7 Å². The topological polar surface area (TPSA) is 115 Å². The lowest BCUT2D eigenvalue weighted by Gasteiger charge is -2.23. The number of anilines is 1. The van der Waals surface area contributed by atoms with Gasteiger partial charge in [0.1, 0.15) is 41.1 Å². The summed E-state index contributed by atoms with van der Waals surface area (Å²) in [6.07, 6.45) is 1.45. The molecule has 5 aromatic rings. The van der Waals surface area contributed by atoms with E-state index in [9.17, 15) is 19.5 Å². The molecular weight excluding hydrogens is 641 g/mol. The highest BCUT2D eigenvalue weighted by atomic mass is 32.1. The van der Waals surface area contributed by atoms with Crippen LogP contribution in [0.5, 0.6) is 17.2 Å². The Kier molecular flexibility index (Phi) is 9.68. The monoisotopic (exact) mass is 672 g/mol. The molecule has 1 fully saturated rings. The summed E-state index contributed by atoms with van der Waals surface area (Å²) >= 11 is 0.925. The number of aliphatic hydroxyl groups excluding tert-OH is 1. The predicted molar refractivity (Wildman–Crippen MR) is 187 cm³/mol. The first kappa shape index (κ1) is 32.9. The highest BCUT2D eigenvalue weighted by Gasteiger charge is 2.48. The highest BCUT2D eigenvalue weighted by molar-refractivity contribution is 7.17. The molecular formula is C39H32N2O7S. The zero-order valence-corrected chi connectivity index (χ0v) is 27.6. The Morgan fingerprint density at radius 2 is 1.65 bits per heavy atom. The van der Waals surface area contributed by atoms with Crippen molar-refractivity contribution in [2.45, 2.75) is 26.5 Å². The lowest BCUT2D eigenvalue weighted by molar-refractivity contribution is -0.132. The van der Waals surface area contributed by atoms with Gasteiger partial charge in [0.25, 0.3) is 5.78 Å². The van der Waals surface area contributed by atoms with E-state index in [1.54, 1.807) is 61.5 Å². The molecule has 1 atom stereocenters. The third kappa shape index (κ3) is 7.00. The van der Waals surface area contributed by atoms with Crippen molar-refractivity contribution in [1.82, 2.24) is 4.98 Å². The number of para-hydroxylation sites is 1. The van der Waals surface area contributed by atoms with Gasteiger partial charge in [-0.15, -0.1) is 0 Å². The number of carbonyl (C=O) groups excluding carboxylic acids is 3. The number of nitrogens with zero attached hydrogens (tertiary/aromatic N) is 2. The maximum Gasteiger partial charge on any atom is 0.350 e. The summed E-state index contributed by atoms with van der Waals surface area (Å²) in [5.41, 5.74) is 2.73. The minimum Gasteiger partial charge on any atom is -0.507 e. The fraction of sp³-hybridized carbons (Fsp3) is 0.128. The standard InChI is InChI=1S/C39H32N2O7S/c1-4-20-46-38(45)36-25(3)40-39(49-36)41-33(27-14-11-17-30(22-27)48-29-15-9-6-10-16-29)32(35(43)37(41)44)34(42)28-18-19-31(24(2)21-28)47-23-26-12-7-5-8-13-26/h4-19,21-22,33,42H,1,20,23H2,2-3H3/b34-32+. The molecule has 1 aliphatic heterocycles. The Hall–Kier alpha value is -6.00. The number of amides is 1. The summed E-state index contributed by atoms with van der Waals surface area (Å²) in [7, 11) is 0. The van der Waals surface area contributed by atoms with Gasteiger partial charge in [-0.2, -0.15) is 0 Å². The smallest absolute Gasteiger partial charge is 0.350 e. The number of aliphatic hydroxyl groups is 1. The molecule has 0 spiro atoms. The lowest BCUT2D eigenvalue weighted by Crippen LogP contribution is -2.29. The molecule has 10 heteroatoms. The van der Waals surface area contributed by atoms with Crippen LogP contribution in [-0.2, 0) is 20.9 Å². The Bertz CT molecular complexity index is 2070. The van der Waals surface area contributed by atoms with Crippen LogP contribution in [0.1, 0.15) is 43.7 Å². The molecule has 1 aromatic heterocycles. The van der Waals surface area contributed by atoms with Gasteiger partial charge in [-0.25, -0.2) is 9.78 Å². The number of Topliss-reactive ketones (excluding diaryl/α,β-unsaturated/α-hetero) is 1. The fourth-order valence-electron chi connectivity index (χ4n) is 5.44. The van der Waals surface area contributed by atoms with Crippen LogP contribution in [0.4, 0.5) is 5.13 Å². The minimum absolute atomic E-state index is 0.000269. The predicted octanol–water partition coefficient (Wildman–Crippen LogP) is 8.10. The zero-order chi connectivity index (χ0) is 34.5. The molecule has 0 bridgehead atoms. The molecule has 246 valence electrons. The summed E-state index contributed by atoms with van der Waals surface area (Å²) in [6, 6.07) is 29.8. The summed E-state index contributed by atoms with van der Waals surface area (Å²) in [6.45, 7) is 7.38. The van der Waals surface area contributed by atoms with E-state index in [1.165, 1.54) is 11.0 Å². The van der Waals surface area contributed by atoms with E-state index >= 15 is 0 Å². The number of thiazole rings is 1. The third-order valence-corrected chi connectivity index (χ3v) is 8.93. The summed E-state index contributed by atoms with van der Waals surface area (Å²) in [4.78, 5) is 46.3. The number of hydrogen-bond donors (Lipinski definition) is 1. The Balaban J connectivity index is 1.42. The molecule has 1 saturated heterocycles. The molecule has 1 aliphatic rings. The number of esters is 1. The number of benzene rings is 4. The molecule has 0 radical (unpaired) electrons. The van der Waals surface area contributed by atoms with Gasteiger partial charge in [0.05, 0.1) is 17.3 Å². The number of rotatable bonds is 11. The van der Waals surface area contributed by atoms with Gasteiger partial charge < -0.3 is 19.3 Å². The maximum atomic E-state index is 13.9. The largest absolute Gasteiger partial charge is 0.507 e. The van der Waals surface area contributed by atoms with E-state index in [-0.39, 0.29) is 27.9 Å². The summed E-state index contributed by atoms with van der Waals surface area (Å²) < 4.78 is 17.3. The second-order valence-corrected chi connectivity index (χ2v) is 12.2. The van der Waals surface area contributed by atoms with Crippen molar-refractivity contribution in [3.63, 3.8) is 0 Å². The van der Waals surface area contributed by atoms with Gasteiger partial charge in [0, 0.05) is 5.56 Å². The Morgan fingerprint density at radius 1 is 0.939 bits per heavy atom. The van der Waals surface area contributed by atoms with E-state index in [2.05, 4.69) is 11.6 Å². The molecule has 1 N–H and O–H groups in total. The number of aromatic nitrogens is 1. The summed E-state index contributed by atoms with van der Waals surface area (Å²) in [5.74, 6) is -1.14. The molecule has 4 aromatic carbocycles. The van der Waals surface area contributed by atoms with Crippen LogP contribution in [-0.4, -0.2) is 34.4 Å². The molecule has 0 saturated carbocycles. The third-order valence-electron chi connectivity index (χ3n) is 7.79. The van der Waals surface area contributed by atoms with Crippen molar-refractivity contribution in [3.05, 3.63) is 154 Å². The molecule has 6 rings (SSSR count). The second-order valence-electron chi connectivity index (χ2n) is 11.2. The second kappa shape index (κ2) is 14.4. The van der Waals surface area contributed by atoms with Crippen molar-refractivity contribution < 1.29 is 33.7 Å². The SMILES string of the molecule is C=CCOC(=O)c1sc(N2C(=O)C(=O)/C(=C(/O)c3ccc(OCc4ccccc4)c(C)c3)C2c2cccc(Oc3ccccc3)c2)nc1C. The fourth-order valence-corrected chi connectivity index (χ4v) is 6.43. The number of ether oxygens (including phenoxy) is 3. The van der Waals surface area contributed by atoms with Crippen LogP contribution < -0.4 is 14.4 Å². The first-order valence-corrected chi connectivity index (χ1v) is 16.2. The first-order valence-electron chi connectivity index (χ1n) is 15.4. The van der Waals surface area contributed by atoms with E-state index in [0.29, 0.717) is 40.7 Å². The average molecular weight is 673 g/mol. The molecule has 2 heterocycles. The van der Waals surface area contributed by atoms with Crippen molar-refractivity contribution in [2.24, 2.45) is 0 Å². The van der Waals surface area contributed by atoms with E-state index in [1.807, 2.05) is 55.5 Å². The van der Waals surface area contributed by atoms with Gasteiger partial charge >= 0.3 is 11.9 Å². The van der Waals surface area contributed by atoms with Crippen LogP contribution in [0, 0.1) is 13.8 Å². The van der Waals surface area contributed by atoms with E-state index in [4.69, 9.17) is 14.2 Å². The lowest BCUT2D eigenvalue weighted by atomic mass is 9.94. The Labute approximate surface area is 287 Å². The zero-order valence-electron chi connectivity index (χ0n) is 26.8. The average Bonchev–Trinajstić information content (AvgIpc) is 3.63. The molecule has 0 aliphatic carbocycles. The van der Waals surface area contributed by atoms with Gasteiger partial charge in [-0.05, 0) is 73.0 Å². The van der Waals surface area contributed by atoms with Crippen molar-refractivity contribution in [3.8, 4) is 17.2 Å². The Morgan fingerprint density at radius 3 is 2.37 bits per heavy atom. The van der Waals surface area contributed by atoms with E-state index in [0.717, 1.165) is 22.5 Å². The number of hydrogen-bond acceptors (Lipinski definition) is 9. The molecule has 1 unspecified atom stereocenters.